The first-order valence-corrected chi connectivity index (χ1v) is 4.94. The third-order valence-electron chi connectivity index (χ3n) is 2.02. The molecule has 1 aliphatic heterocycles. The highest BCUT2D eigenvalue weighted by atomic mass is 16.5. The van der Waals surface area contributed by atoms with Gasteiger partial charge in [-0.3, -0.25) is 4.79 Å². The van der Waals surface area contributed by atoms with Gasteiger partial charge in [0.2, 0.25) is 0 Å². The minimum absolute atomic E-state index is 0.189. The van der Waals surface area contributed by atoms with Crippen molar-refractivity contribution in [2.24, 2.45) is 0 Å². The maximum Gasteiger partial charge on any atom is 0.306 e. The Morgan fingerprint density at radius 1 is 1.36 bits per heavy atom. The molecule has 1 rings (SSSR count). The summed E-state index contributed by atoms with van der Waals surface area (Å²) < 4.78 is 4.93. The van der Waals surface area contributed by atoms with Crippen LogP contribution >= 0.6 is 0 Å². The summed E-state index contributed by atoms with van der Waals surface area (Å²) in [5.41, 5.74) is 0. The van der Waals surface area contributed by atoms with Crippen molar-refractivity contribution in [3.8, 4) is 0 Å². The molecule has 1 atom stereocenters. The van der Waals surface area contributed by atoms with Crippen LogP contribution in [0.1, 0.15) is 25.7 Å². The summed E-state index contributed by atoms with van der Waals surface area (Å²) in [4.78, 5) is 11.0. The number of hydrogen-bond acceptors (Lipinski definition) is 3. The van der Waals surface area contributed by atoms with Crippen molar-refractivity contribution < 1.29 is 14.6 Å². The van der Waals surface area contributed by atoms with Crippen LogP contribution in [0, 0.1) is 0 Å². The van der Waals surface area contributed by atoms with Crippen molar-refractivity contribution in [2.75, 3.05) is 6.61 Å². The molecule has 0 aromatic heterocycles. The number of aliphatic hydroxyl groups is 1. The first-order chi connectivity index (χ1) is 6.79. The molecule has 1 aliphatic rings. The zero-order valence-electron chi connectivity index (χ0n) is 8.19. The Morgan fingerprint density at radius 3 is 3.00 bits per heavy atom. The molecular formula is C11H16O3. The molecule has 0 saturated heterocycles. The molecule has 0 radical (unpaired) electrons. The van der Waals surface area contributed by atoms with E-state index in [0.717, 1.165) is 0 Å². The van der Waals surface area contributed by atoms with Crippen LogP contribution < -0.4 is 0 Å². The van der Waals surface area contributed by atoms with Gasteiger partial charge in [0.1, 0.15) is 0 Å². The quantitative estimate of drug-likeness (QED) is 0.598. The minimum atomic E-state index is -0.410. The van der Waals surface area contributed by atoms with Gasteiger partial charge in [-0.25, -0.2) is 0 Å². The van der Waals surface area contributed by atoms with Crippen molar-refractivity contribution in [1.29, 1.82) is 0 Å². The minimum Gasteiger partial charge on any atom is -0.466 e. The lowest BCUT2D eigenvalue weighted by molar-refractivity contribution is -0.144. The second kappa shape index (κ2) is 6.38. The van der Waals surface area contributed by atoms with Gasteiger partial charge in [-0.1, -0.05) is 24.3 Å². The normalized spacial score (nSPS) is 29.5. The van der Waals surface area contributed by atoms with E-state index in [2.05, 4.69) is 0 Å². The summed E-state index contributed by atoms with van der Waals surface area (Å²) in [6.07, 6.45) is 9.48. The van der Waals surface area contributed by atoms with Gasteiger partial charge in [-0.2, -0.15) is 0 Å². The van der Waals surface area contributed by atoms with Gasteiger partial charge < -0.3 is 9.84 Å². The van der Waals surface area contributed by atoms with Crippen LogP contribution in [0.15, 0.2) is 24.3 Å². The molecule has 0 aliphatic carbocycles. The maximum absolute atomic E-state index is 11.0. The zero-order valence-corrected chi connectivity index (χ0v) is 8.19. The molecule has 0 saturated carbocycles. The molecular weight excluding hydrogens is 180 g/mol. The van der Waals surface area contributed by atoms with Crippen molar-refractivity contribution in [2.45, 2.75) is 31.8 Å². The predicted molar refractivity (Wildman–Crippen MR) is 53.7 cm³/mol. The lowest BCUT2D eigenvalue weighted by atomic mass is 10.2. The first kappa shape index (κ1) is 11.0. The third-order valence-corrected chi connectivity index (χ3v) is 2.02. The van der Waals surface area contributed by atoms with Crippen molar-refractivity contribution in [1.82, 2.24) is 0 Å². The summed E-state index contributed by atoms with van der Waals surface area (Å²) in [7, 11) is 0. The fourth-order valence-electron chi connectivity index (χ4n) is 1.19. The van der Waals surface area contributed by atoms with E-state index in [9.17, 15) is 9.90 Å². The molecule has 78 valence electrons. The number of hydrogen-bond donors (Lipinski definition) is 1. The second-order valence-electron chi connectivity index (χ2n) is 3.29. The molecule has 1 heterocycles. The molecule has 1 unspecified atom stereocenters. The summed E-state index contributed by atoms with van der Waals surface area (Å²) in [6, 6.07) is 0. The Morgan fingerprint density at radius 2 is 2.14 bits per heavy atom. The topological polar surface area (TPSA) is 46.5 Å². The molecule has 0 bridgehead atoms. The summed E-state index contributed by atoms with van der Waals surface area (Å²) in [5.74, 6) is -0.189. The lowest BCUT2D eigenvalue weighted by Gasteiger charge is -2.08. The van der Waals surface area contributed by atoms with Crippen LogP contribution in [0.25, 0.3) is 0 Å². The molecule has 0 aromatic carbocycles. The molecule has 0 amide bonds. The van der Waals surface area contributed by atoms with Gasteiger partial charge >= 0.3 is 5.97 Å². The Balaban J connectivity index is 2.44. The Kier molecular flexibility index (Phi) is 5.00. The van der Waals surface area contributed by atoms with E-state index in [1.54, 1.807) is 0 Å². The molecule has 3 heteroatoms. The van der Waals surface area contributed by atoms with E-state index in [4.69, 9.17) is 4.74 Å². The fraction of sp³-hybridized carbons (Fsp3) is 0.545. The van der Waals surface area contributed by atoms with Gasteiger partial charge in [-0.15, -0.1) is 0 Å². The smallest absolute Gasteiger partial charge is 0.306 e. The summed E-state index contributed by atoms with van der Waals surface area (Å²) in [5, 5.41) is 9.41. The number of rotatable bonds is 0. The summed E-state index contributed by atoms with van der Waals surface area (Å²) in [6.45, 7) is 0.317. The van der Waals surface area contributed by atoms with E-state index in [-0.39, 0.29) is 5.97 Å². The highest BCUT2D eigenvalue weighted by Crippen LogP contribution is 2.03. The molecule has 1 N–H and O–H groups in total. The molecule has 0 fully saturated rings. The number of cyclic esters (lactones) is 1. The Hall–Kier alpha value is -1.09. The van der Waals surface area contributed by atoms with Crippen LogP contribution in [-0.2, 0) is 9.53 Å². The van der Waals surface area contributed by atoms with Gasteiger partial charge in [-0.05, 0) is 12.8 Å². The lowest BCUT2D eigenvalue weighted by Crippen LogP contribution is -2.12. The van der Waals surface area contributed by atoms with E-state index in [0.29, 0.717) is 32.3 Å². The van der Waals surface area contributed by atoms with E-state index in [1.165, 1.54) is 0 Å². The average molecular weight is 196 g/mol. The number of ether oxygens (including phenoxy) is 1. The maximum atomic E-state index is 11.0. The molecule has 0 aromatic rings. The van der Waals surface area contributed by atoms with Crippen LogP contribution in [0.5, 0.6) is 0 Å². The van der Waals surface area contributed by atoms with Crippen LogP contribution in [0.3, 0.4) is 0 Å². The summed E-state index contributed by atoms with van der Waals surface area (Å²) >= 11 is 0. The van der Waals surface area contributed by atoms with Crippen molar-refractivity contribution in [3.05, 3.63) is 24.3 Å². The van der Waals surface area contributed by atoms with Gasteiger partial charge in [0.25, 0.3) is 0 Å². The van der Waals surface area contributed by atoms with Crippen LogP contribution in [0.2, 0.25) is 0 Å². The van der Waals surface area contributed by atoms with Gasteiger partial charge in [0, 0.05) is 12.8 Å². The predicted octanol–water partition coefficient (Wildman–Crippen LogP) is 1.58. The molecule has 14 heavy (non-hydrogen) atoms. The monoisotopic (exact) mass is 196 g/mol. The van der Waals surface area contributed by atoms with Crippen LogP contribution in [-0.4, -0.2) is 23.8 Å². The van der Waals surface area contributed by atoms with Gasteiger partial charge in [0.05, 0.1) is 12.7 Å². The number of aliphatic hydroxyl groups excluding tert-OH is 1. The number of esters is 1. The van der Waals surface area contributed by atoms with Crippen LogP contribution in [0.4, 0.5) is 0 Å². The third kappa shape index (κ3) is 4.82. The first-order valence-electron chi connectivity index (χ1n) is 4.94. The number of allylic oxidation sites excluding steroid dienone is 3. The molecule has 0 spiro atoms. The second-order valence-corrected chi connectivity index (χ2v) is 3.29. The average Bonchev–Trinajstić information content (AvgIpc) is 2.14. The zero-order chi connectivity index (χ0) is 10.2. The van der Waals surface area contributed by atoms with E-state index >= 15 is 0 Å². The Bertz CT molecular complexity index is 231. The van der Waals surface area contributed by atoms with E-state index in [1.807, 2.05) is 24.3 Å². The van der Waals surface area contributed by atoms with Crippen molar-refractivity contribution in [3.63, 3.8) is 0 Å². The van der Waals surface area contributed by atoms with Crippen molar-refractivity contribution >= 4 is 5.97 Å². The highest BCUT2D eigenvalue weighted by molar-refractivity contribution is 5.69. The molecule has 3 nitrogen and oxygen atoms in total. The number of carbonyl (C=O) groups excluding carboxylic acids is 1. The van der Waals surface area contributed by atoms with Gasteiger partial charge in [0.15, 0.2) is 0 Å². The highest BCUT2D eigenvalue weighted by Gasteiger charge is 2.05. The number of carbonyl (C=O) groups is 1. The van der Waals surface area contributed by atoms with E-state index < -0.39 is 6.10 Å². The SMILES string of the molecule is O=C1CC/C=C\C=C/CC(O)CCO1. The Labute approximate surface area is 84.1 Å². The fourth-order valence-corrected chi connectivity index (χ4v) is 1.19. The standard InChI is InChI=1S/C11H16O3/c12-10-6-4-2-1-3-5-7-11(13)14-9-8-10/h1-4,10,12H,5-9H2/b3-1-,4-2-. The largest absolute Gasteiger partial charge is 0.466 e.